The molecule has 0 fully saturated rings. The molecule has 0 aliphatic rings. The van der Waals surface area contributed by atoms with E-state index in [-0.39, 0.29) is 0 Å². The average Bonchev–Trinajstić information content (AvgIpc) is 2.29. The van der Waals surface area contributed by atoms with Gasteiger partial charge in [0.1, 0.15) is 12.4 Å². The minimum Gasteiger partial charge on any atom is -0.489 e. The molecular formula is C16H20O. The Morgan fingerprint density at radius 2 is 2.12 bits per heavy atom. The van der Waals surface area contributed by atoms with Gasteiger partial charge in [0.15, 0.2) is 0 Å². The van der Waals surface area contributed by atoms with Gasteiger partial charge in [0.2, 0.25) is 0 Å². The van der Waals surface area contributed by atoms with Crippen molar-refractivity contribution in [1.29, 1.82) is 0 Å². The number of benzene rings is 1. The molecule has 0 aliphatic carbocycles. The van der Waals surface area contributed by atoms with Crippen LogP contribution in [0.1, 0.15) is 25.0 Å². The third-order valence-electron chi connectivity index (χ3n) is 2.30. The molecule has 1 heteroatoms. The summed E-state index contributed by atoms with van der Waals surface area (Å²) in [6.07, 6.45) is 5.85. The van der Waals surface area contributed by atoms with E-state index in [0.29, 0.717) is 6.61 Å². The highest BCUT2D eigenvalue weighted by Crippen LogP contribution is 2.09. The average molecular weight is 228 g/mol. The SMILES string of the molecule is C=C(C)/C=C\C(=C/C)OCc1cccc(C)c1. The quantitative estimate of drug-likeness (QED) is 0.530. The third kappa shape index (κ3) is 5.21. The molecule has 0 N–H and O–H groups in total. The standard InChI is InChI=1S/C16H20O/c1-5-16(10-9-13(2)3)17-12-15-8-6-7-14(4)11-15/h5-11H,2,12H2,1,3-4H3/b10-9-,16-5+. The van der Waals surface area contributed by atoms with Crippen LogP contribution in [-0.2, 0) is 11.3 Å². The van der Waals surface area contributed by atoms with Gasteiger partial charge in [-0.25, -0.2) is 0 Å². The number of hydrogen-bond acceptors (Lipinski definition) is 1. The number of allylic oxidation sites excluding steroid dienone is 4. The van der Waals surface area contributed by atoms with Crippen LogP contribution in [0.4, 0.5) is 0 Å². The lowest BCUT2D eigenvalue weighted by atomic mass is 10.1. The van der Waals surface area contributed by atoms with Gasteiger partial charge in [-0.3, -0.25) is 0 Å². The van der Waals surface area contributed by atoms with Gasteiger partial charge >= 0.3 is 0 Å². The number of ether oxygens (including phenoxy) is 1. The number of hydrogen-bond donors (Lipinski definition) is 0. The molecule has 0 bridgehead atoms. The normalized spacial score (nSPS) is 11.8. The van der Waals surface area contributed by atoms with Gasteiger partial charge < -0.3 is 4.74 Å². The van der Waals surface area contributed by atoms with E-state index < -0.39 is 0 Å². The molecule has 1 aromatic carbocycles. The first kappa shape index (κ1) is 13.3. The molecule has 0 unspecified atom stereocenters. The Morgan fingerprint density at radius 3 is 2.71 bits per heavy atom. The molecule has 0 atom stereocenters. The zero-order valence-corrected chi connectivity index (χ0v) is 10.9. The fourth-order valence-electron chi connectivity index (χ4n) is 1.42. The van der Waals surface area contributed by atoms with E-state index in [0.717, 1.165) is 11.3 Å². The van der Waals surface area contributed by atoms with Crippen LogP contribution in [0.2, 0.25) is 0 Å². The number of aryl methyl sites for hydroxylation is 1. The molecule has 1 nitrogen and oxygen atoms in total. The largest absolute Gasteiger partial charge is 0.489 e. The Kier molecular flexibility index (Phi) is 5.28. The van der Waals surface area contributed by atoms with E-state index in [1.807, 2.05) is 38.1 Å². The second-order valence-electron chi connectivity index (χ2n) is 4.15. The lowest BCUT2D eigenvalue weighted by Crippen LogP contribution is -1.92. The molecule has 0 heterocycles. The molecule has 1 rings (SSSR count). The Morgan fingerprint density at radius 1 is 1.35 bits per heavy atom. The first-order valence-corrected chi connectivity index (χ1v) is 5.80. The van der Waals surface area contributed by atoms with Gasteiger partial charge in [-0.15, -0.1) is 0 Å². The molecule has 1 aromatic rings. The summed E-state index contributed by atoms with van der Waals surface area (Å²) in [6.45, 7) is 10.4. The number of rotatable bonds is 5. The van der Waals surface area contributed by atoms with Crippen molar-refractivity contribution in [3.8, 4) is 0 Å². The Bertz CT molecular complexity index is 439. The third-order valence-corrected chi connectivity index (χ3v) is 2.30. The monoisotopic (exact) mass is 228 g/mol. The van der Waals surface area contributed by atoms with Crippen LogP contribution in [0.25, 0.3) is 0 Å². The fourth-order valence-corrected chi connectivity index (χ4v) is 1.42. The molecule has 0 amide bonds. The molecule has 0 aliphatic heterocycles. The maximum absolute atomic E-state index is 5.72. The zero-order chi connectivity index (χ0) is 12.7. The Balaban J connectivity index is 2.57. The van der Waals surface area contributed by atoms with Crippen molar-refractivity contribution in [2.75, 3.05) is 0 Å². The minimum atomic E-state index is 0.599. The van der Waals surface area contributed by atoms with Gasteiger partial charge in [-0.05, 0) is 38.5 Å². The second kappa shape index (κ2) is 6.74. The van der Waals surface area contributed by atoms with Gasteiger partial charge in [0.05, 0.1) is 0 Å². The van der Waals surface area contributed by atoms with E-state index in [1.165, 1.54) is 11.1 Å². The van der Waals surface area contributed by atoms with Crippen LogP contribution in [0.5, 0.6) is 0 Å². The lowest BCUT2D eigenvalue weighted by molar-refractivity contribution is 0.210. The van der Waals surface area contributed by atoms with Crippen molar-refractivity contribution in [3.63, 3.8) is 0 Å². The maximum Gasteiger partial charge on any atom is 0.115 e. The second-order valence-corrected chi connectivity index (χ2v) is 4.15. The van der Waals surface area contributed by atoms with Crippen LogP contribution < -0.4 is 0 Å². The molecular weight excluding hydrogens is 208 g/mol. The summed E-state index contributed by atoms with van der Waals surface area (Å²) in [5.41, 5.74) is 3.46. The van der Waals surface area contributed by atoms with Gasteiger partial charge in [0, 0.05) is 0 Å². The molecule has 17 heavy (non-hydrogen) atoms. The van der Waals surface area contributed by atoms with Crippen LogP contribution in [0, 0.1) is 6.92 Å². The van der Waals surface area contributed by atoms with Crippen molar-refractivity contribution in [2.24, 2.45) is 0 Å². The highest BCUT2D eigenvalue weighted by Gasteiger charge is 1.95. The topological polar surface area (TPSA) is 9.23 Å². The van der Waals surface area contributed by atoms with Crippen molar-refractivity contribution in [2.45, 2.75) is 27.4 Å². The Labute approximate surface area is 104 Å². The van der Waals surface area contributed by atoms with Gasteiger partial charge in [0.25, 0.3) is 0 Å². The van der Waals surface area contributed by atoms with E-state index in [4.69, 9.17) is 4.74 Å². The first-order chi connectivity index (χ1) is 8.11. The van der Waals surface area contributed by atoms with Crippen LogP contribution in [0.3, 0.4) is 0 Å². The summed E-state index contributed by atoms with van der Waals surface area (Å²) >= 11 is 0. The predicted octanol–water partition coefficient (Wildman–Crippen LogP) is 4.55. The minimum absolute atomic E-state index is 0.599. The lowest BCUT2D eigenvalue weighted by Gasteiger charge is -2.07. The summed E-state index contributed by atoms with van der Waals surface area (Å²) < 4.78 is 5.72. The first-order valence-electron chi connectivity index (χ1n) is 5.80. The van der Waals surface area contributed by atoms with E-state index in [1.54, 1.807) is 0 Å². The van der Waals surface area contributed by atoms with Crippen LogP contribution in [0.15, 0.2) is 60.4 Å². The van der Waals surface area contributed by atoms with E-state index in [2.05, 4.69) is 31.7 Å². The molecule has 0 aromatic heterocycles. The molecule has 0 saturated heterocycles. The smallest absolute Gasteiger partial charge is 0.115 e. The zero-order valence-electron chi connectivity index (χ0n) is 10.9. The Hall–Kier alpha value is -1.76. The summed E-state index contributed by atoms with van der Waals surface area (Å²) in [5, 5.41) is 0. The summed E-state index contributed by atoms with van der Waals surface area (Å²) in [5.74, 6) is 0.870. The van der Waals surface area contributed by atoms with E-state index >= 15 is 0 Å². The van der Waals surface area contributed by atoms with E-state index in [9.17, 15) is 0 Å². The van der Waals surface area contributed by atoms with Crippen LogP contribution >= 0.6 is 0 Å². The van der Waals surface area contributed by atoms with Gasteiger partial charge in [-0.2, -0.15) is 0 Å². The summed E-state index contributed by atoms with van der Waals surface area (Å²) in [4.78, 5) is 0. The van der Waals surface area contributed by atoms with Crippen molar-refractivity contribution < 1.29 is 4.74 Å². The molecule has 90 valence electrons. The van der Waals surface area contributed by atoms with Crippen molar-refractivity contribution in [1.82, 2.24) is 0 Å². The molecule has 0 radical (unpaired) electrons. The van der Waals surface area contributed by atoms with Gasteiger partial charge in [-0.1, -0.05) is 48.1 Å². The highest BCUT2D eigenvalue weighted by molar-refractivity contribution is 5.23. The summed E-state index contributed by atoms with van der Waals surface area (Å²) in [6, 6.07) is 8.34. The molecule has 0 saturated carbocycles. The maximum atomic E-state index is 5.72. The highest BCUT2D eigenvalue weighted by atomic mass is 16.5. The van der Waals surface area contributed by atoms with Crippen molar-refractivity contribution in [3.05, 3.63) is 71.5 Å². The fraction of sp³-hybridized carbons (Fsp3) is 0.250. The predicted molar refractivity (Wildman–Crippen MR) is 73.7 cm³/mol. The van der Waals surface area contributed by atoms with Crippen molar-refractivity contribution >= 4 is 0 Å². The summed E-state index contributed by atoms with van der Waals surface area (Å²) in [7, 11) is 0. The molecule has 0 spiro atoms. The van der Waals surface area contributed by atoms with Crippen LogP contribution in [-0.4, -0.2) is 0 Å².